The van der Waals surface area contributed by atoms with Gasteiger partial charge in [-0.1, -0.05) is 12.1 Å². The van der Waals surface area contributed by atoms with Gasteiger partial charge in [0.15, 0.2) is 0 Å². The molecule has 9 heteroatoms. The van der Waals surface area contributed by atoms with Crippen LogP contribution in [0.1, 0.15) is 20.7 Å². The molecule has 2 heterocycles. The Kier molecular flexibility index (Phi) is 6.37. The molecular formula is C19H23N3O6. The molecule has 4 amide bonds. The number of hydrogen-bond donors (Lipinski definition) is 0. The average Bonchev–Trinajstić information content (AvgIpc) is 2.96. The molecule has 150 valence electrons. The van der Waals surface area contributed by atoms with Crippen LogP contribution < -0.4 is 0 Å². The molecule has 3 rings (SSSR count). The molecule has 0 spiro atoms. The van der Waals surface area contributed by atoms with Crippen molar-refractivity contribution in [1.29, 1.82) is 0 Å². The summed E-state index contributed by atoms with van der Waals surface area (Å²) in [5, 5.41) is 0. The summed E-state index contributed by atoms with van der Waals surface area (Å²) < 4.78 is 10.1. The van der Waals surface area contributed by atoms with Crippen LogP contribution in [-0.2, 0) is 19.1 Å². The summed E-state index contributed by atoms with van der Waals surface area (Å²) in [7, 11) is 1.56. The van der Waals surface area contributed by atoms with E-state index in [4.69, 9.17) is 9.47 Å². The topological polar surface area (TPSA) is 96.5 Å². The lowest BCUT2D eigenvalue weighted by Crippen LogP contribution is -2.53. The summed E-state index contributed by atoms with van der Waals surface area (Å²) >= 11 is 0. The van der Waals surface area contributed by atoms with Crippen molar-refractivity contribution in [3.05, 3.63) is 35.4 Å². The number of hydrogen-bond acceptors (Lipinski definition) is 6. The van der Waals surface area contributed by atoms with Crippen molar-refractivity contribution in [1.82, 2.24) is 14.7 Å². The maximum atomic E-state index is 12.6. The van der Waals surface area contributed by atoms with Gasteiger partial charge in [-0.15, -0.1) is 0 Å². The Morgan fingerprint density at radius 3 is 1.96 bits per heavy atom. The number of benzene rings is 1. The third-order valence-corrected chi connectivity index (χ3v) is 4.81. The molecule has 1 aromatic carbocycles. The minimum absolute atomic E-state index is 0.0215. The quantitative estimate of drug-likeness (QED) is 0.466. The number of ether oxygens (including phenoxy) is 2. The number of carbonyl (C=O) groups excluding carboxylic acids is 4. The van der Waals surface area contributed by atoms with Crippen molar-refractivity contribution < 1.29 is 28.7 Å². The molecule has 28 heavy (non-hydrogen) atoms. The largest absolute Gasteiger partial charge is 0.382 e. The predicted molar refractivity (Wildman–Crippen MR) is 97.7 cm³/mol. The van der Waals surface area contributed by atoms with Crippen molar-refractivity contribution in [2.75, 3.05) is 59.7 Å². The second-order valence-electron chi connectivity index (χ2n) is 6.55. The molecular weight excluding hydrogens is 366 g/mol. The molecule has 1 saturated heterocycles. The van der Waals surface area contributed by atoms with E-state index in [1.165, 1.54) is 0 Å². The fourth-order valence-corrected chi connectivity index (χ4v) is 3.22. The van der Waals surface area contributed by atoms with Gasteiger partial charge in [0.2, 0.25) is 11.8 Å². The molecule has 0 atom stereocenters. The van der Waals surface area contributed by atoms with Gasteiger partial charge in [0.05, 0.1) is 24.3 Å². The summed E-state index contributed by atoms with van der Waals surface area (Å²) in [6.07, 6.45) is 0. The Morgan fingerprint density at radius 1 is 0.893 bits per heavy atom. The van der Waals surface area contributed by atoms with Crippen molar-refractivity contribution in [2.24, 2.45) is 0 Å². The molecule has 9 nitrogen and oxygen atoms in total. The Bertz CT molecular complexity index is 738. The summed E-state index contributed by atoms with van der Waals surface area (Å²) in [6.45, 7) is 1.94. The fraction of sp³-hybridized carbons (Fsp3) is 0.474. The van der Waals surface area contributed by atoms with Crippen LogP contribution in [0.25, 0.3) is 0 Å². The van der Waals surface area contributed by atoms with E-state index in [0.717, 1.165) is 4.90 Å². The highest BCUT2D eigenvalue weighted by molar-refractivity contribution is 6.22. The average molecular weight is 389 g/mol. The minimum Gasteiger partial charge on any atom is -0.382 e. The number of methoxy groups -OCH3 is 1. The second kappa shape index (κ2) is 8.94. The molecule has 1 aromatic rings. The van der Waals surface area contributed by atoms with Crippen LogP contribution in [0.4, 0.5) is 0 Å². The number of rotatable bonds is 7. The monoisotopic (exact) mass is 389 g/mol. The predicted octanol–water partition coefficient (Wildman–Crippen LogP) is -0.384. The van der Waals surface area contributed by atoms with Crippen LogP contribution in [0.2, 0.25) is 0 Å². The first-order chi connectivity index (χ1) is 13.5. The van der Waals surface area contributed by atoms with E-state index in [1.807, 2.05) is 0 Å². The molecule has 0 aliphatic carbocycles. The normalized spacial score (nSPS) is 16.5. The highest BCUT2D eigenvalue weighted by atomic mass is 16.5. The van der Waals surface area contributed by atoms with Crippen LogP contribution >= 0.6 is 0 Å². The van der Waals surface area contributed by atoms with Gasteiger partial charge in [0.25, 0.3) is 11.8 Å². The van der Waals surface area contributed by atoms with E-state index >= 15 is 0 Å². The molecule has 0 bridgehead atoms. The van der Waals surface area contributed by atoms with Gasteiger partial charge >= 0.3 is 0 Å². The van der Waals surface area contributed by atoms with E-state index in [9.17, 15) is 19.2 Å². The zero-order chi connectivity index (χ0) is 20.1. The summed E-state index contributed by atoms with van der Waals surface area (Å²) in [4.78, 5) is 53.6. The maximum Gasteiger partial charge on any atom is 0.262 e. The van der Waals surface area contributed by atoms with Crippen LogP contribution in [-0.4, -0.2) is 98.0 Å². The van der Waals surface area contributed by atoms with E-state index in [-0.39, 0.29) is 25.0 Å². The number of nitrogens with zero attached hydrogens (tertiary/aromatic N) is 3. The van der Waals surface area contributed by atoms with Crippen LogP contribution in [0.15, 0.2) is 24.3 Å². The Labute approximate surface area is 162 Å². The fourth-order valence-electron chi connectivity index (χ4n) is 3.22. The molecule has 0 radical (unpaired) electrons. The van der Waals surface area contributed by atoms with Crippen LogP contribution in [0.5, 0.6) is 0 Å². The lowest BCUT2D eigenvalue weighted by molar-refractivity contribution is -0.142. The highest BCUT2D eigenvalue weighted by Gasteiger charge is 2.37. The zero-order valence-electron chi connectivity index (χ0n) is 15.8. The molecule has 0 N–H and O–H groups in total. The lowest BCUT2D eigenvalue weighted by Gasteiger charge is -2.35. The van der Waals surface area contributed by atoms with Gasteiger partial charge in [0.1, 0.15) is 13.2 Å². The number of carbonyl (C=O) groups is 4. The van der Waals surface area contributed by atoms with Gasteiger partial charge < -0.3 is 19.3 Å². The van der Waals surface area contributed by atoms with Crippen molar-refractivity contribution in [3.63, 3.8) is 0 Å². The highest BCUT2D eigenvalue weighted by Crippen LogP contribution is 2.22. The van der Waals surface area contributed by atoms with Gasteiger partial charge in [-0.2, -0.15) is 0 Å². The Balaban J connectivity index is 1.48. The molecule has 2 aliphatic heterocycles. The van der Waals surface area contributed by atoms with Gasteiger partial charge in [-0.25, -0.2) is 0 Å². The minimum atomic E-state index is -0.448. The molecule has 2 aliphatic rings. The summed E-state index contributed by atoms with van der Waals surface area (Å²) in [6, 6.07) is 6.54. The Hall–Kier alpha value is -2.78. The number of fused-ring (bicyclic) bond motifs is 1. The number of imide groups is 1. The number of piperazine rings is 1. The maximum absolute atomic E-state index is 12.6. The number of amides is 4. The van der Waals surface area contributed by atoms with Crippen LogP contribution in [0, 0.1) is 0 Å². The van der Waals surface area contributed by atoms with Crippen molar-refractivity contribution in [2.45, 2.75) is 0 Å². The van der Waals surface area contributed by atoms with Gasteiger partial charge in [-0.05, 0) is 12.1 Å². The first-order valence-electron chi connectivity index (χ1n) is 9.10. The summed E-state index contributed by atoms with van der Waals surface area (Å²) in [5.74, 6) is -1.34. The second-order valence-corrected chi connectivity index (χ2v) is 6.55. The zero-order valence-corrected chi connectivity index (χ0v) is 15.8. The third-order valence-electron chi connectivity index (χ3n) is 4.81. The molecule has 0 saturated carbocycles. The smallest absolute Gasteiger partial charge is 0.262 e. The third kappa shape index (κ3) is 4.20. The van der Waals surface area contributed by atoms with E-state index in [1.54, 1.807) is 41.2 Å². The van der Waals surface area contributed by atoms with Crippen LogP contribution in [0.3, 0.4) is 0 Å². The molecule has 0 unspecified atom stereocenters. The van der Waals surface area contributed by atoms with E-state index in [0.29, 0.717) is 50.5 Å². The van der Waals surface area contributed by atoms with E-state index in [2.05, 4.69) is 0 Å². The van der Waals surface area contributed by atoms with E-state index < -0.39 is 11.8 Å². The van der Waals surface area contributed by atoms with Crippen molar-refractivity contribution in [3.8, 4) is 0 Å². The molecule has 1 fully saturated rings. The van der Waals surface area contributed by atoms with Crippen molar-refractivity contribution >= 4 is 23.6 Å². The SMILES string of the molecule is COCCOCC(=O)N1CCN(C(=O)CN2C(=O)c3ccccc3C2=O)CC1. The summed E-state index contributed by atoms with van der Waals surface area (Å²) in [5.41, 5.74) is 0.647. The Morgan fingerprint density at radius 2 is 1.43 bits per heavy atom. The van der Waals surface area contributed by atoms with Gasteiger partial charge in [0, 0.05) is 33.3 Å². The first-order valence-corrected chi connectivity index (χ1v) is 9.10. The lowest BCUT2D eigenvalue weighted by atomic mass is 10.1. The van der Waals surface area contributed by atoms with Gasteiger partial charge in [-0.3, -0.25) is 24.1 Å². The standard InChI is InChI=1S/C19H23N3O6/c1-27-10-11-28-13-17(24)21-8-6-20(7-9-21)16(23)12-22-18(25)14-4-2-3-5-15(14)19(22)26/h2-5H,6-13H2,1H3. The first kappa shape index (κ1) is 20.0. The molecule has 0 aromatic heterocycles.